The van der Waals surface area contributed by atoms with Gasteiger partial charge in [0, 0.05) is 38.3 Å². The second-order valence-corrected chi connectivity index (χ2v) is 10.4. The van der Waals surface area contributed by atoms with E-state index >= 15 is 0 Å². The predicted octanol–water partition coefficient (Wildman–Crippen LogP) is 2.43. The predicted molar refractivity (Wildman–Crippen MR) is 127 cm³/mol. The molecule has 0 saturated carbocycles. The SMILES string of the molecule is CCc1nc(Nc2nc(C)cc(S(=O)(=O)C3=CC=C(C)CC3)n2)nc(N2CCN(C)CC2)n1. The number of aromatic nitrogens is 5. The minimum absolute atomic E-state index is 0.0271. The van der Waals surface area contributed by atoms with Gasteiger partial charge in [-0.1, -0.05) is 18.6 Å². The highest BCUT2D eigenvalue weighted by Crippen LogP contribution is 2.28. The van der Waals surface area contributed by atoms with Gasteiger partial charge in [-0.15, -0.1) is 0 Å². The minimum atomic E-state index is -3.71. The van der Waals surface area contributed by atoms with Crippen LogP contribution in [0.5, 0.6) is 0 Å². The number of nitrogens with one attached hydrogen (secondary N) is 1. The first-order valence-corrected chi connectivity index (χ1v) is 12.7. The average molecular weight is 471 g/mol. The van der Waals surface area contributed by atoms with Gasteiger partial charge >= 0.3 is 0 Å². The summed E-state index contributed by atoms with van der Waals surface area (Å²) in [7, 11) is -1.61. The number of anilines is 3. The number of nitrogens with zero attached hydrogens (tertiary/aromatic N) is 7. The molecule has 2 aromatic heterocycles. The van der Waals surface area contributed by atoms with Gasteiger partial charge in [-0.3, -0.25) is 5.32 Å². The molecule has 176 valence electrons. The third-order valence-corrected chi connectivity index (χ3v) is 7.56. The zero-order valence-corrected chi connectivity index (χ0v) is 20.4. The first-order valence-electron chi connectivity index (χ1n) is 11.2. The van der Waals surface area contributed by atoms with Gasteiger partial charge in [0.1, 0.15) is 5.82 Å². The number of allylic oxidation sites excluding steroid dienone is 4. The summed E-state index contributed by atoms with van der Waals surface area (Å²) < 4.78 is 26.3. The third kappa shape index (κ3) is 5.36. The van der Waals surface area contributed by atoms with Gasteiger partial charge in [-0.25, -0.2) is 18.4 Å². The van der Waals surface area contributed by atoms with Crippen molar-refractivity contribution in [3.8, 4) is 0 Å². The molecule has 0 bridgehead atoms. The summed E-state index contributed by atoms with van der Waals surface area (Å²) in [4.78, 5) is 27.0. The van der Waals surface area contributed by atoms with Crippen LogP contribution in [0.4, 0.5) is 17.8 Å². The van der Waals surface area contributed by atoms with Crippen LogP contribution in [0.1, 0.15) is 38.2 Å². The molecule has 11 heteroatoms. The zero-order valence-electron chi connectivity index (χ0n) is 19.5. The van der Waals surface area contributed by atoms with Crippen LogP contribution in [0.3, 0.4) is 0 Å². The van der Waals surface area contributed by atoms with E-state index in [2.05, 4.69) is 47.1 Å². The molecule has 0 spiro atoms. The molecule has 1 N–H and O–H groups in total. The van der Waals surface area contributed by atoms with Crippen LogP contribution in [-0.4, -0.2) is 71.5 Å². The quantitative estimate of drug-likeness (QED) is 0.631. The standard InChI is InChI=1S/C22H30N8O2S/c1-5-18-24-21(28-22(25-18)30-12-10-29(4)11-13-30)27-20-23-16(3)14-19(26-20)33(31,32)17-8-6-15(2)7-9-17/h6,8,14H,5,7,9-13H2,1-4H3,(H,23,24,25,26,27,28). The lowest BCUT2D eigenvalue weighted by Gasteiger charge is -2.32. The van der Waals surface area contributed by atoms with Crippen molar-refractivity contribution in [2.45, 2.75) is 45.1 Å². The number of aryl methyl sites for hydroxylation is 2. The Morgan fingerprint density at radius 3 is 2.33 bits per heavy atom. The highest BCUT2D eigenvalue weighted by Gasteiger charge is 2.25. The monoisotopic (exact) mass is 470 g/mol. The van der Waals surface area contributed by atoms with E-state index in [0.29, 0.717) is 41.2 Å². The molecule has 0 amide bonds. The number of likely N-dealkylation sites (N-methyl/N-ethyl adjacent to an activating group) is 1. The Morgan fingerprint density at radius 2 is 1.67 bits per heavy atom. The Hall–Kier alpha value is -2.92. The molecule has 33 heavy (non-hydrogen) atoms. The van der Waals surface area contributed by atoms with E-state index in [1.165, 1.54) is 6.07 Å². The molecule has 10 nitrogen and oxygen atoms in total. The first-order chi connectivity index (χ1) is 15.7. The number of piperazine rings is 1. The molecule has 3 heterocycles. The fourth-order valence-corrected chi connectivity index (χ4v) is 5.10. The molecule has 2 aromatic rings. The lowest BCUT2D eigenvalue weighted by molar-refractivity contribution is 0.311. The number of hydrogen-bond donors (Lipinski definition) is 1. The van der Waals surface area contributed by atoms with Gasteiger partial charge < -0.3 is 9.80 Å². The van der Waals surface area contributed by atoms with Crippen LogP contribution in [0.25, 0.3) is 0 Å². The zero-order chi connectivity index (χ0) is 23.6. The number of rotatable bonds is 6. The van der Waals surface area contributed by atoms with Gasteiger partial charge in [0.15, 0.2) is 5.03 Å². The molecule has 1 aliphatic heterocycles. The van der Waals surface area contributed by atoms with Crippen molar-refractivity contribution in [2.24, 2.45) is 0 Å². The Bertz CT molecular complexity index is 1200. The van der Waals surface area contributed by atoms with Crippen molar-refractivity contribution >= 4 is 27.7 Å². The van der Waals surface area contributed by atoms with Gasteiger partial charge in [0.25, 0.3) is 0 Å². The minimum Gasteiger partial charge on any atom is -0.338 e. The molecule has 0 atom stereocenters. The van der Waals surface area contributed by atoms with Crippen LogP contribution in [0, 0.1) is 6.92 Å². The van der Waals surface area contributed by atoms with Crippen LogP contribution < -0.4 is 10.2 Å². The van der Waals surface area contributed by atoms with E-state index in [1.54, 1.807) is 13.0 Å². The Morgan fingerprint density at radius 1 is 0.939 bits per heavy atom. The van der Waals surface area contributed by atoms with Crippen LogP contribution in [0.15, 0.2) is 33.7 Å². The Labute approximate surface area is 194 Å². The summed E-state index contributed by atoms with van der Waals surface area (Å²) >= 11 is 0. The lowest BCUT2D eigenvalue weighted by atomic mass is 10.1. The van der Waals surface area contributed by atoms with Crippen molar-refractivity contribution in [3.05, 3.63) is 40.2 Å². The Balaban J connectivity index is 1.63. The largest absolute Gasteiger partial charge is 0.338 e. The molecule has 1 aliphatic carbocycles. The van der Waals surface area contributed by atoms with Crippen LogP contribution >= 0.6 is 0 Å². The number of hydrogen-bond acceptors (Lipinski definition) is 10. The summed E-state index contributed by atoms with van der Waals surface area (Å²) in [5, 5.41) is 2.99. The fourth-order valence-electron chi connectivity index (χ4n) is 3.68. The van der Waals surface area contributed by atoms with Gasteiger partial charge in [-0.05, 0) is 45.9 Å². The highest BCUT2D eigenvalue weighted by atomic mass is 32.2. The molecule has 4 rings (SSSR count). The van der Waals surface area contributed by atoms with E-state index in [-0.39, 0.29) is 11.0 Å². The maximum atomic E-state index is 13.2. The molecule has 0 unspecified atom stereocenters. The Kier molecular flexibility index (Phi) is 6.71. The lowest BCUT2D eigenvalue weighted by Crippen LogP contribution is -2.45. The second kappa shape index (κ2) is 9.52. The average Bonchev–Trinajstić information content (AvgIpc) is 2.79. The maximum absolute atomic E-state index is 13.2. The third-order valence-electron chi connectivity index (χ3n) is 5.77. The first kappa shape index (κ1) is 23.2. The molecule has 2 aliphatic rings. The van der Waals surface area contributed by atoms with E-state index in [9.17, 15) is 8.42 Å². The normalized spacial score (nSPS) is 17.5. The molecule has 0 radical (unpaired) electrons. The van der Waals surface area contributed by atoms with Crippen molar-refractivity contribution in [1.29, 1.82) is 0 Å². The molecule has 1 fully saturated rings. The van der Waals surface area contributed by atoms with E-state index < -0.39 is 9.84 Å². The molecular formula is C22H30N8O2S. The summed E-state index contributed by atoms with van der Waals surface area (Å²) in [5.41, 5.74) is 1.70. The van der Waals surface area contributed by atoms with Gasteiger partial charge in [0.2, 0.25) is 27.7 Å². The van der Waals surface area contributed by atoms with Crippen LogP contribution in [-0.2, 0) is 16.3 Å². The van der Waals surface area contributed by atoms with Crippen LogP contribution in [0.2, 0.25) is 0 Å². The number of sulfone groups is 1. The van der Waals surface area contributed by atoms with Crippen molar-refractivity contribution in [2.75, 3.05) is 43.4 Å². The summed E-state index contributed by atoms with van der Waals surface area (Å²) in [6.07, 6.45) is 5.35. The summed E-state index contributed by atoms with van der Waals surface area (Å²) in [6, 6.07) is 1.49. The van der Waals surface area contributed by atoms with E-state index in [0.717, 1.165) is 38.2 Å². The molecule has 0 aromatic carbocycles. The molecular weight excluding hydrogens is 440 g/mol. The topological polar surface area (TPSA) is 117 Å². The van der Waals surface area contributed by atoms with E-state index in [4.69, 9.17) is 0 Å². The fraction of sp³-hybridized carbons (Fsp3) is 0.500. The van der Waals surface area contributed by atoms with E-state index in [1.807, 2.05) is 19.9 Å². The maximum Gasteiger partial charge on any atom is 0.234 e. The summed E-state index contributed by atoms with van der Waals surface area (Å²) in [6.45, 7) is 9.24. The second-order valence-electron chi connectivity index (χ2n) is 8.46. The van der Waals surface area contributed by atoms with Crippen molar-refractivity contribution < 1.29 is 8.42 Å². The molecule has 1 saturated heterocycles. The van der Waals surface area contributed by atoms with Gasteiger partial charge in [-0.2, -0.15) is 15.0 Å². The van der Waals surface area contributed by atoms with Gasteiger partial charge in [0.05, 0.1) is 4.91 Å². The smallest absolute Gasteiger partial charge is 0.234 e. The van der Waals surface area contributed by atoms with Crippen molar-refractivity contribution in [3.63, 3.8) is 0 Å². The summed E-state index contributed by atoms with van der Waals surface area (Å²) in [5.74, 6) is 1.71. The highest BCUT2D eigenvalue weighted by molar-refractivity contribution is 7.95. The van der Waals surface area contributed by atoms with Crippen molar-refractivity contribution in [1.82, 2.24) is 29.8 Å².